The van der Waals surface area contributed by atoms with Crippen LogP contribution in [0.5, 0.6) is 5.88 Å². The third kappa shape index (κ3) is 1.63. The van der Waals surface area contributed by atoms with Crippen LogP contribution in [-0.4, -0.2) is 22.6 Å². The number of Topliss-reactive ketones (excluding diaryl/α,β-unsaturated/α-hetero) is 1. The van der Waals surface area contributed by atoms with E-state index in [9.17, 15) is 14.7 Å². The molecule has 0 atom stereocenters. The van der Waals surface area contributed by atoms with Gasteiger partial charge in [-0.3, -0.25) is 14.2 Å². The lowest BCUT2D eigenvalue weighted by Gasteiger charge is -2.22. The van der Waals surface area contributed by atoms with E-state index in [-0.39, 0.29) is 23.6 Å². The summed E-state index contributed by atoms with van der Waals surface area (Å²) in [7, 11) is 1.48. The van der Waals surface area contributed by atoms with E-state index in [0.717, 1.165) is 0 Å². The van der Waals surface area contributed by atoms with Gasteiger partial charge in [0.25, 0.3) is 5.56 Å². The second-order valence-corrected chi connectivity index (χ2v) is 3.76. The predicted molar refractivity (Wildman–Crippen MR) is 61.6 cm³/mol. The van der Waals surface area contributed by atoms with E-state index >= 15 is 0 Å². The quantitative estimate of drug-likeness (QED) is 0.845. The second kappa shape index (κ2) is 4.08. The molecule has 1 aromatic heterocycles. The number of aromatic hydroxyl groups is 1. The number of nitrogens with zero attached hydrogens (tertiary/aromatic N) is 1. The van der Waals surface area contributed by atoms with Crippen molar-refractivity contribution in [2.24, 2.45) is 0 Å². The van der Waals surface area contributed by atoms with Crippen LogP contribution in [0.2, 0.25) is 0 Å². The highest BCUT2D eigenvalue weighted by Gasteiger charge is 2.32. The van der Waals surface area contributed by atoms with Crippen LogP contribution in [0.15, 0.2) is 22.7 Å². The minimum absolute atomic E-state index is 0.0848. The van der Waals surface area contributed by atoms with Gasteiger partial charge in [-0.1, -0.05) is 0 Å². The summed E-state index contributed by atoms with van der Waals surface area (Å²) in [4.78, 5) is 23.0. The van der Waals surface area contributed by atoms with Crippen molar-refractivity contribution in [1.82, 2.24) is 4.57 Å². The van der Waals surface area contributed by atoms with Crippen LogP contribution in [0.4, 0.5) is 0 Å². The fraction of sp³-hybridized carbons (Fsp3) is 0.333. The molecule has 1 aliphatic carbocycles. The van der Waals surface area contributed by atoms with Crippen molar-refractivity contribution in [3.8, 4) is 5.88 Å². The molecule has 0 saturated carbocycles. The summed E-state index contributed by atoms with van der Waals surface area (Å²) in [5.41, 5.74) is 0.437. The smallest absolute Gasteiger partial charge is 0.253 e. The zero-order valence-electron chi connectivity index (χ0n) is 9.69. The van der Waals surface area contributed by atoms with E-state index in [1.54, 1.807) is 6.92 Å². The maximum Gasteiger partial charge on any atom is 0.253 e. The SMILES string of the molecule is CCn1c(O)c(C2=C(OC)CC2=O)ccc1=O. The van der Waals surface area contributed by atoms with Crippen LogP contribution in [0, 0.1) is 0 Å². The van der Waals surface area contributed by atoms with Crippen LogP contribution in [-0.2, 0) is 16.1 Å². The molecule has 0 unspecified atom stereocenters. The molecule has 0 spiro atoms. The summed E-state index contributed by atoms with van der Waals surface area (Å²) in [6.45, 7) is 2.10. The number of hydrogen-bond donors (Lipinski definition) is 1. The Balaban J connectivity index is 2.62. The molecule has 0 aliphatic heterocycles. The number of carbonyl (C=O) groups excluding carboxylic acids is 1. The lowest BCUT2D eigenvalue weighted by Crippen LogP contribution is -2.23. The highest BCUT2D eigenvalue weighted by atomic mass is 16.5. The number of allylic oxidation sites excluding steroid dienone is 2. The molecule has 1 aromatic rings. The van der Waals surface area contributed by atoms with Crippen molar-refractivity contribution in [3.05, 3.63) is 33.8 Å². The minimum atomic E-state index is -0.292. The Labute approximate surface area is 98.0 Å². The molecule has 1 N–H and O–H groups in total. The van der Waals surface area contributed by atoms with Gasteiger partial charge in [0.1, 0.15) is 5.76 Å². The molecule has 0 radical (unpaired) electrons. The number of rotatable bonds is 3. The summed E-state index contributed by atoms with van der Waals surface area (Å²) in [6, 6.07) is 2.79. The van der Waals surface area contributed by atoms with E-state index in [2.05, 4.69) is 0 Å². The van der Waals surface area contributed by atoms with Crippen LogP contribution in [0.1, 0.15) is 18.9 Å². The Morgan fingerprint density at radius 1 is 1.41 bits per heavy atom. The van der Waals surface area contributed by atoms with Gasteiger partial charge < -0.3 is 9.84 Å². The third-order valence-electron chi connectivity index (χ3n) is 2.87. The van der Waals surface area contributed by atoms with Crippen LogP contribution in [0.3, 0.4) is 0 Å². The van der Waals surface area contributed by atoms with Gasteiger partial charge in [0.05, 0.1) is 19.1 Å². The Bertz CT molecular complexity index is 568. The van der Waals surface area contributed by atoms with Gasteiger partial charge in [0.15, 0.2) is 5.78 Å². The first-order chi connectivity index (χ1) is 8.10. The van der Waals surface area contributed by atoms with E-state index in [1.807, 2.05) is 0 Å². The fourth-order valence-corrected chi connectivity index (χ4v) is 1.92. The van der Waals surface area contributed by atoms with E-state index in [1.165, 1.54) is 23.8 Å². The average Bonchev–Trinajstić information content (AvgIpc) is 2.30. The lowest BCUT2D eigenvalue weighted by molar-refractivity contribution is -0.115. The molecule has 2 rings (SSSR count). The number of pyridine rings is 1. The second-order valence-electron chi connectivity index (χ2n) is 3.76. The van der Waals surface area contributed by atoms with Crippen LogP contribution in [0.25, 0.3) is 5.57 Å². The summed E-state index contributed by atoms with van der Waals surface area (Å²) >= 11 is 0. The van der Waals surface area contributed by atoms with Crippen molar-refractivity contribution in [2.75, 3.05) is 7.11 Å². The normalized spacial score (nSPS) is 14.8. The minimum Gasteiger partial charge on any atom is -0.500 e. The van der Waals surface area contributed by atoms with Gasteiger partial charge >= 0.3 is 0 Å². The maximum atomic E-state index is 11.5. The number of hydrogen-bond acceptors (Lipinski definition) is 4. The first-order valence-electron chi connectivity index (χ1n) is 5.33. The molecule has 5 heteroatoms. The molecule has 17 heavy (non-hydrogen) atoms. The van der Waals surface area contributed by atoms with Gasteiger partial charge in [0.2, 0.25) is 5.88 Å². The molecule has 1 aliphatic rings. The highest BCUT2D eigenvalue weighted by Crippen LogP contribution is 2.36. The highest BCUT2D eigenvalue weighted by molar-refractivity contribution is 6.28. The number of aromatic nitrogens is 1. The lowest BCUT2D eigenvalue weighted by atomic mass is 9.88. The topological polar surface area (TPSA) is 68.5 Å². The Kier molecular flexibility index (Phi) is 2.75. The van der Waals surface area contributed by atoms with Crippen molar-refractivity contribution >= 4 is 11.4 Å². The van der Waals surface area contributed by atoms with Crippen LogP contribution < -0.4 is 5.56 Å². The molecule has 5 nitrogen and oxygen atoms in total. The van der Waals surface area contributed by atoms with Gasteiger partial charge in [-0.25, -0.2) is 0 Å². The first-order valence-corrected chi connectivity index (χ1v) is 5.33. The van der Waals surface area contributed by atoms with Crippen molar-refractivity contribution in [1.29, 1.82) is 0 Å². The molecule has 0 saturated heterocycles. The molecule has 0 bridgehead atoms. The van der Waals surface area contributed by atoms with Crippen LogP contribution >= 0.6 is 0 Å². The van der Waals surface area contributed by atoms with Crippen molar-refractivity contribution < 1.29 is 14.6 Å². The van der Waals surface area contributed by atoms with E-state index in [4.69, 9.17) is 4.74 Å². The standard InChI is InChI=1S/C12H13NO4/c1-3-13-10(15)5-4-7(12(13)16)11-8(14)6-9(11)17-2/h4-5,16H,3,6H2,1-2H3. The largest absolute Gasteiger partial charge is 0.500 e. The Morgan fingerprint density at radius 2 is 2.12 bits per heavy atom. The van der Waals surface area contributed by atoms with Crippen molar-refractivity contribution in [2.45, 2.75) is 19.9 Å². The number of carbonyl (C=O) groups is 1. The molecular weight excluding hydrogens is 222 g/mol. The fourth-order valence-electron chi connectivity index (χ4n) is 1.92. The maximum absolute atomic E-state index is 11.5. The summed E-state index contributed by atoms with van der Waals surface area (Å²) in [5, 5.41) is 9.96. The molecule has 90 valence electrons. The Morgan fingerprint density at radius 3 is 2.65 bits per heavy atom. The molecule has 0 amide bonds. The first kappa shape index (κ1) is 11.4. The van der Waals surface area contributed by atoms with Gasteiger partial charge in [-0.2, -0.15) is 0 Å². The van der Waals surface area contributed by atoms with E-state index in [0.29, 0.717) is 23.4 Å². The van der Waals surface area contributed by atoms with E-state index < -0.39 is 0 Å². The zero-order chi connectivity index (χ0) is 12.6. The monoisotopic (exact) mass is 235 g/mol. The third-order valence-corrected chi connectivity index (χ3v) is 2.87. The molecule has 1 heterocycles. The average molecular weight is 235 g/mol. The number of ketones is 1. The van der Waals surface area contributed by atoms with Gasteiger partial charge in [-0.15, -0.1) is 0 Å². The summed E-state index contributed by atoms with van der Waals surface area (Å²) in [6.07, 6.45) is 0.247. The molecular formula is C12H13NO4. The van der Waals surface area contributed by atoms with Gasteiger partial charge in [-0.05, 0) is 13.0 Å². The van der Waals surface area contributed by atoms with Gasteiger partial charge in [0, 0.05) is 18.2 Å². The summed E-state index contributed by atoms with van der Waals surface area (Å²) < 4.78 is 6.25. The molecule has 0 aromatic carbocycles. The summed E-state index contributed by atoms with van der Waals surface area (Å²) in [5.74, 6) is 0.280. The van der Waals surface area contributed by atoms with Crippen molar-refractivity contribution in [3.63, 3.8) is 0 Å². The zero-order valence-corrected chi connectivity index (χ0v) is 9.69. The Hall–Kier alpha value is -2.04. The molecule has 0 fully saturated rings. The predicted octanol–water partition coefficient (Wildman–Crippen LogP) is 0.904. The number of ether oxygens (including phenoxy) is 1. The number of methoxy groups -OCH3 is 1.